The number of aromatic amines is 1. The third kappa shape index (κ3) is 6.14. The molecular weight excluding hydrogens is 314 g/mol. The minimum Gasteiger partial charge on any atom is -0.358 e. The van der Waals surface area contributed by atoms with E-state index in [1.54, 1.807) is 19.0 Å². The van der Waals surface area contributed by atoms with Crippen LogP contribution in [0.4, 0.5) is 0 Å². The topological polar surface area (TPSA) is 72.5 Å². The van der Waals surface area contributed by atoms with Crippen LogP contribution in [0.2, 0.25) is 0 Å². The SMILES string of the molecule is CCCCNC(=NCC(=O)N(C)C)NCCc1cc2ccccc2[nH]1. The van der Waals surface area contributed by atoms with Crippen LogP contribution in [0.3, 0.4) is 0 Å². The van der Waals surface area contributed by atoms with Crippen LogP contribution >= 0.6 is 0 Å². The maximum absolute atomic E-state index is 11.7. The molecule has 0 saturated carbocycles. The summed E-state index contributed by atoms with van der Waals surface area (Å²) >= 11 is 0. The van der Waals surface area contributed by atoms with Crippen molar-refractivity contribution in [2.75, 3.05) is 33.7 Å². The Hall–Kier alpha value is -2.50. The van der Waals surface area contributed by atoms with Gasteiger partial charge in [-0.2, -0.15) is 0 Å². The molecule has 0 bridgehead atoms. The fourth-order valence-corrected chi connectivity index (χ4v) is 2.43. The molecule has 136 valence electrons. The lowest BCUT2D eigenvalue weighted by Crippen LogP contribution is -2.40. The Morgan fingerprint density at radius 1 is 1.20 bits per heavy atom. The van der Waals surface area contributed by atoms with Crippen LogP contribution in [-0.2, 0) is 11.2 Å². The maximum Gasteiger partial charge on any atom is 0.243 e. The van der Waals surface area contributed by atoms with Crippen molar-refractivity contribution in [1.29, 1.82) is 0 Å². The molecule has 0 aliphatic carbocycles. The number of nitrogens with zero attached hydrogens (tertiary/aromatic N) is 2. The summed E-state index contributed by atoms with van der Waals surface area (Å²) in [6, 6.07) is 10.4. The summed E-state index contributed by atoms with van der Waals surface area (Å²) in [5, 5.41) is 7.83. The largest absolute Gasteiger partial charge is 0.358 e. The Labute approximate surface area is 149 Å². The van der Waals surface area contributed by atoms with E-state index in [1.165, 1.54) is 11.1 Å². The number of H-pyrrole nitrogens is 1. The first-order chi connectivity index (χ1) is 12.1. The molecule has 0 fully saturated rings. The van der Waals surface area contributed by atoms with E-state index in [4.69, 9.17) is 0 Å². The summed E-state index contributed by atoms with van der Waals surface area (Å²) in [5.41, 5.74) is 2.34. The van der Waals surface area contributed by atoms with E-state index < -0.39 is 0 Å². The molecule has 0 unspecified atom stereocenters. The van der Waals surface area contributed by atoms with Crippen LogP contribution in [0.15, 0.2) is 35.3 Å². The molecule has 2 aromatic rings. The Morgan fingerprint density at radius 3 is 2.68 bits per heavy atom. The van der Waals surface area contributed by atoms with Gasteiger partial charge in [-0.3, -0.25) is 4.79 Å². The first kappa shape index (κ1) is 18.8. The number of hydrogen-bond donors (Lipinski definition) is 3. The molecule has 6 nitrogen and oxygen atoms in total. The second-order valence-corrected chi connectivity index (χ2v) is 6.29. The lowest BCUT2D eigenvalue weighted by Gasteiger charge is -2.13. The summed E-state index contributed by atoms with van der Waals surface area (Å²) < 4.78 is 0. The standard InChI is InChI=1S/C19H29N5O/c1-4-5-11-20-19(22-14-18(25)24(2)3)21-12-10-16-13-15-8-6-7-9-17(15)23-16/h6-9,13,23H,4-5,10-12,14H2,1-3H3,(H2,20,21,22). The summed E-state index contributed by atoms with van der Waals surface area (Å²) in [4.78, 5) is 21.1. The van der Waals surface area contributed by atoms with Crippen molar-refractivity contribution < 1.29 is 4.79 Å². The highest BCUT2D eigenvalue weighted by atomic mass is 16.2. The zero-order chi connectivity index (χ0) is 18.1. The average Bonchev–Trinajstić information content (AvgIpc) is 3.01. The zero-order valence-electron chi connectivity index (χ0n) is 15.4. The van der Waals surface area contributed by atoms with Gasteiger partial charge in [0.1, 0.15) is 6.54 Å². The molecule has 1 aromatic heterocycles. The molecule has 0 saturated heterocycles. The van der Waals surface area contributed by atoms with Crippen LogP contribution in [-0.4, -0.2) is 55.5 Å². The van der Waals surface area contributed by atoms with Crippen molar-refractivity contribution in [3.63, 3.8) is 0 Å². The fourth-order valence-electron chi connectivity index (χ4n) is 2.43. The van der Waals surface area contributed by atoms with E-state index in [1.807, 2.05) is 12.1 Å². The van der Waals surface area contributed by atoms with E-state index >= 15 is 0 Å². The highest BCUT2D eigenvalue weighted by molar-refractivity contribution is 5.84. The Morgan fingerprint density at radius 2 is 1.96 bits per heavy atom. The number of benzene rings is 1. The van der Waals surface area contributed by atoms with Crippen LogP contribution in [0.1, 0.15) is 25.5 Å². The predicted octanol–water partition coefficient (Wildman–Crippen LogP) is 2.13. The second-order valence-electron chi connectivity index (χ2n) is 6.29. The molecule has 1 amide bonds. The molecule has 25 heavy (non-hydrogen) atoms. The molecule has 0 spiro atoms. The van der Waals surface area contributed by atoms with Crippen molar-refractivity contribution in [1.82, 2.24) is 20.5 Å². The number of hydrogen-bond acceptors (Lipinski definition) is 2. The van der Waals surface area contributed by atoms with Gasteiger partial charge in [0.05, 0.1) is 0 Å². The van der Waals surface area contributed by atoms with E-state index in [0.29, 0.717) is 5.96 Å². The normalized spacial score (nSPS) is 11.6. The molecule has 0 aliphatic rings. The summed E-state index contributed by atoms with van der Waals surface area (Å²) in [6.07, 6.45) is 3.06. The van der Waals surface area contributed by atoms with E-state index in [-0.39, 0.29) is 12.5 Å². The quantitative estimate of drug-likeness (QED) is 0.391. The van der Waals surface area contributed by atoms with Crippen LogP contribution < -0.4 is 10.6 Å². The molecule has 0 atom stereocenters. The Balaban J connectivity index is 1.88. The van der Waals surface area contributed by atoms with Crippen molar-refractivity contribution in [2.24, 2.45) is 4.99 Å². The first-order valence-corrected chi connectivity index (χ1v) is 8.89. The van der Waals surface area contributed by atoms with Gasteiger partial charge in [-0.05, 0) is 23.9 Å². The summed E-state index contributed by atoms with van der Waals surface area (Å²) in [7, 11) is 3.48. The van der Waals surface area contributed by atoms with Crippen molar-refractivity contribution in [2.45, 2.75) is 26.2 Å². The zero-order valence-corrected chi connectivity index (χ0v) is 15.4. The number of fused-ring (bicyclic) bond motifs is 1. The van der Waals surface area contributed by atoms with E-state index in [9.17, 15) is 4.79 Å². The van der Waals surface area contributed by atoms with Gasteiger partial charge in [0.2, 0.25) is 5.91 Å². The van der Waals surface area contributed by atoms with Crippen molar-refractivity contribution in [3.8, 4) is 0 Å². The molecule has 6 heteroatoms. The van der Waals surface area contributed by atoms with Crippen LogP contribution in [0.5, 0.6) is 0 Å². The number of carbonyl (C=O) groups is 1. The molecule has 1 aromatic carbocycles. The third-order valence-electron chi connectivity index (χ3n) is 3.97. The number of rotatable bonds is 8. The average molecular weight is 343 g/mol. The fraction of sp³-hybridized carbons (Fsp3) is 0.474. The van der Waals surface area contributed by atoms with Crippen molar-refractivity contribution >= 4 is 22.8 Å². The summed E-state index contributed by atoms with van der Waals surface area (Å²) in [5.74, 6) is 0.687. The molecule has 0 radical (unpaired) electrons. The van der Waals surface area contributed by atoms with E-state index in [2.05, 4.69) is 45.7 Å². The number of likely N-dealkylation sites (N-methyl/N-ethyl adjacent to an activating group) is 1. The number of carbonyl (C=O) groups excluding carboxylic acids is 1. The van der Waals surface area contributed by atoms with Gasteiger partial charge in [-0.15, -0.1) is 0 Å². The highest BCUT2D eigenvalue weighted by Crippen LogP contribution is 2.14. The van der Waals surface area contributed by atoms with E-state index in [0.717, 1.165) is 37.9 Å². The Kier molecular flexibility index (Phi) is 7.32. The number of unbranched alkanes of at least 4 members (excludes halogenated alkanes) is 1. The second kappa shape index (κ2) is 9.71. The molecule has 2 rings (SSSR count). The lowest BCUT2D eigenvalue weighted by molar-refractivity contribution is -0.127. The first-order valence-electron chi connectivity index (χ1n) is 8.89. The minimum atomic E-state index is -0.00721. The number of amides is 1. The number of guanidine groups is 1. The predicted molar refractivity (Wildman–Crippen MR) is 104 cm³/mol. The van der Waals surface area contributed by atoms with Gasteiger partial charge in [0, 0.05) is 44.8 Å². The van der Waals surface area contributed by atoms with Gasteiger partial charge < -0.3 is 20.5 Å². The van der Waals surface area contributed by atoms with Gasteiger partial charge in [-0.25, -0.2) is 4.99 Å². The highest BCUT2D eigenvalue weighted by Gasteiger charge is 2.05. The van der Waals surface area contributed by atoms with Gasteiger partial charge in [0.15, 0.2) is 5.96 Å². The van der Waals surface area contributed by atoms with Crippen molar-refractivity contribution in [3.05, 3.63) is 36.0 Å². The van der Waals surface area contributed by atoms with Gasteiger partial charge in [-0.1, -0.05) is 31.5 Å². The molecule has 3 N–H and O–H groups in total. The minimum absolute atomic E-state index is 0.00721. The van der Waals surface area contributed by atoms with Crippen LogP contribution in [0, 0.1) is 0 Å². The molecular formula is C19H29N5O. The lowest BCUT2D eigenvalue weighted by atomic mass is 10.2. The number of para-hydroxylation sites is 1. The van der Waals surface area contributed by atoms with Gasteiger partial charge in [0.25, 0.3) is 0 Å². The van der Waals surface area contributed by atoms with Gasteiger partial charge >= 0.3 is 0 Å². The third-order valence-corrected chi connectivity index (χ3v) is 3.97. The van der Waals surface area contributed by atoms with Crippen LogP contribution in [0.25, 0.3) is 10.9 Å². The molecule has 0 aliphatic heterocycles. The molecule has 1 heterocycles. The maximum atomic E-state index is 11.7. The smallest absolute Gasteiger partial charge is 0.243 e. The number of nitrogens with one attached hydrogen (secondary N) is 3. The monoisotopic (exact) mass is 343 g/mol. The Bertz CT molecular complexity index is 672. The number of aromatic nitrogens is 1. The number of aliphatic imine (C=N–C) groups is 1. The summed E-state index contributed by atoms with van der Waals surface area (Å²) in [6.45, 7) is 3.91.